The Balaban J connectivity index is 1.41. The first-order valence-corrected chi connectivity index (χ1v) is 10.8. The van der Waals surface area contributed by atoms with Crippen molar-refractivity contribution < 1.29 is 19.1 Å². The lowest BCUT2D eigenvalue weighted by molar-refractivity contribution is -0.175. The van der Waals surface area contributed by atoms with Gasteiger partial charge < -0.3 is 10.1 Å². The molecule has 4 aliphatic rings. The van der Waals surface area contributed by atoms with Crippen LogP contribution >= 0.6 is 15.9 Å². The number of rotatable bonds is 5. The Kier molecular flexibility index (Phi) is 4.89. The Hall–Kier alpha value is -1.69. The van der Waals surface area contributed by atoms with Gasteiger partial charge in [0.1, 0.15) is 0 Å². The van der Waals surface area contributed by atoms with Crippen LogP contribution < -0.4 is 5.32 Å². The molecule has 3 atom stereocenters. The zero-order chi connectivity index (χ0) is 20.1. The van der Waals surface area contributed by atoms with E-state index in [1.165, 1.54) is 13.3 Å². The highest BCUT2D eigenvalue weighted by atomic mass is 79.9. The number of amides is 1. The van der Waals surface area contributed by atoms with E-state index in [1.807, 2.05) is 0 Å². The molecule has 1 amide bonds. The summed E-state index contributed by atoms with van der Waals surface area (Å²) in [6, 6.07) is 6.76. The number of nitrogens with one attached hydrogen (secondary N) is 1. The zero-order valence-corrected chi connectivity index (χ0v) is 17.9. The molecule has 28 heavy (non-hydrogen) atoms. The third-order valence-electron chi connectivity index (χ3n) is 6.61. The third-order valence-corrected chi connectivity index (χ3v) is 7.54. The van der Waals surface area contributed by atoms with E-state index >= 15 is 0 Å². The van der Waals surface area contributed by atoms with Crippen LogP contribution in [0.2, 0.25) is 0 Å². The summed E-state index contributed by atoms with van der Waals surface area (Å²) >= 11 is 3.90. The number of halogens is 1. The summed E-state index contributed by atoms with van der Waals surface area (Å²) in [5.41, 5.74) is 0.602. The maximum atomic E-state index is 13.1. The molecule has 1 aromatic carbocycles. The van der Waals surface area contributed by atoms with Crippen molar-refractivity contribution in [3.8, 4) is 0 Å². The van der Waals surface area contributed by atoms with Crippen LogP contribution in [0.4, 0.5) is 5.69 Å². The summed E-state index contributed by atoms with van der Waals surface area (Å²) in [6.45, 7) is 3.08. The van der Waals surface area contributed by atoms with E-state index in [2.05, 4.69) is 21.2 Å². The number of ketones is 1. The van der Waals surface area contributed by atoms with Gasteiger partial charge >= 0.3 is 5.97 Å². The number of esters is 1. The van der Waals surface area contributed by atoms with Gasteiger partial charge in [0.05, 0.1) is 5.41 Å². The standard InChI is InChI=1S/C22H26BrNO4/c1-13(25)17-4-3-5-18(7-17)24-19(26)14(2)28-20(27)21-8-15-6-16(9-21)11-22(23,10-15)12-21/h3-5,7,14-16H,6,8-12H2,1-2H3,(H,24,26)/t14-,15+,16+,21?,22?/m0/s1. The lowest BCUT2D eigenvalue weighted by Crippen LogP contribution is -2.56. The number of ether oxygens (including phenoxy) is 1. The molecule has 4 fully saturated rings. The second-order valence-electron chi connectivity index (χ2n) is 9.07. The number of alkyl halides is 1. The Labute approximate surface area is 173 Å². The molecule has 150 valence electrons. The number of anilines is 1. The summed E-state index contributed by atoms with van der Waals surface area (Å²) in [6.07, 6.45) is 5.18. The van der Waals surface area contributed by atoms with Crippen molar-refractivity contribution in [2.75, 3.05) is 5.32 Å². The number of carbonyl (C=O) groups excluding carboxylic acids is 3. The van der Waals surface area contributed by atoms with E-state index in [1.54, 1.807) is 31.2 Å². The van der Waals surface area contributed by atoms with Gasteiger partial charge in [0.2, 0.25) is 0 Å². The van der Waals surface area contributed by atoms with E-state index in [0.717, 1.165) is 32.1 Å². The van der Waals surface area contributed by atoms with Gasteiger partial charge in [-0.15, -0.1) is 0 Å². The molecule has 4 bridgehead atoms. The molecule has 1 aromatic rings. The van der Waals surface area contributed by atoms with Crippen LogP contribution in [0.3, 0.4) is 0 Å². The fraction of sp³-hybridized carbons (Fsp3) is 0.591. The van der Waals surface area contributed by atoms with Crippen LogP contribution in [-0.2, 0) is 14.3 Å². The van der Waals surface area contributed by atoms with Crippen molar-refractivity contribution in [2.45, 2.75) is 62.8 Å². The third kappa shape index (κ3) is 3.63. The van der Waals surface area contributed by atoms with E-state index in [-0.39, 0.29) is 22.0 Å². The van der Waals surface area contributed by atoms with Crippen LogP contribution in [0.1, 0.15) is 62.7 Å². The highest BCUT2D eigenvalue weighted by molar-refractivity contribution is 9.10. The number of benzene rings is 1. The number of hydrogen-bond donors (Lipinski definition) is 1. The molecule has 0 unspecified atom stereocenters. The van der Waals surface area contributed by atoms with Crippen LogP contribution in [0, 0.1) is 17.3 Å². The quantitative estimate of drug-likeness (QED) is 0.409. The molecule has 6 heteroatoms. The molecule has 5 nitrogen and oxygen atoms in total. The number of Topliss-reactive ketones (excluding diaryl/α,β-unsaturated/α-hetero) is 1. The van der Waals surface area contributed by atoms with Crippen LogP contribution in [0.5, 0.6) is 0 Å². The Bertz CT molecular complexity index is 822. The summed E-state index contributed by atoms with van der Waals surface area (Å²) < 4.78 is 5.72. The van der Waals surface area contributed by atoms with Crippen LogP contribution in [-0.4, -0.2) is 28.1 Å². The predicted molar refractivity (Wildman–Crippen MR) is 109 cm³/mol. The topological polar surface area (TPSA) is 72.5 Å². The monoisotopic (exact) mass is 447 g/mol. The Morgan fingerprint density at radius 3 is 2.46 bits per heavy atom. The highest BCUT2D eigenvalue weighted by Crippen LogP contribution is 2.64. The average molecular weight is 448 g/mol. The molecule has 4 saturated carbocycles. The Morgan fingerprint density at radius 1 is 1.18 bits per heavy atom. The summed E-state index contributed by atoms with van der Waals surface area (Å²) in [4.78, 5) is 37.1. The van der Waals surface area contributed by atoms with E-state index in [4.69, 9.17) is 4.74 Å². The van der Waals surface area contributed by atoms with Crippen molar-refractivity contribution >= 4 is 39.3 Å². The second kappa shape index (κ2) is 6.97. The van der Waals surface area contributed by atoms with Gasteiger partial charge in [-0.3, -0.25) is 14.4 Å². The summed E-state index contributed by atoms with van der Waals surface area (Å²) in [5.74, 6) is 0.470. The maximum absolute atomic E-state index is 13.1. The van der Waals surface area contributed by atoms with Gasteiger partial charge in [0.25, 0.3) is 5.91 Å². The predicted octanol–water partition coefficient (Wildman–Crippen LogP) is 4.49. The molecule has 0 spiro atoms. The van der Waals surface area contributed by atoms with Crippen molar-refractivity contribution in [3.05, 3.63) is 29.8 Å². The molecule has 5 rings (SSSR count). The largest absolute Gasteiger partial charge is 0.452 e. The van der Waals surface area contributed by atoms with Crippen molar-refractivity contribution in [2.24, 2.45) is 17.3 Å². The SMILES string of the molecule is CC(=O)c1cccc(NC(=O)[C@H](C)OC(=O)C23C[C@H]4C[C@@H](CC(Br)(C4)C2)C3)c1. The van der Waals surface area contributed by atoms with Gasteiger partial charge in [-0.05, 0) is 76.3 Å². The molecule has 0 aromatic heterocycles. The molecule has 1 N–H and O–H groups in total. The van der Waals surface area contributed by atoms with Gasteiger partial charge in [-0.25, -0.2) is 0 Å². The number of carbonyl (C=O) groups is 3. The van der Waals surface area contributed by atoms with Crippen molar-refractivity contribution in [3.63, 3.8) is 0 Å². The van der Waals surface area contributed by atoms with Crippen molar-refractivity contribution in [1.29, 1.82) is 0 Å². The second-order valence-corrected chi connectivity index (χ2v) is 10.7. The fourth-order valence-corrected chi connectivity index (χ4v) is 7.24. The van der Waals surface area contributed by atoms with E-state index < -0.39 is 11.5 Å². The first kappa shape index (κ1) is 19.6. The maximum Gasteiger partial charge on any atom is 0.312 e. The molecular formula is C22H26BrNO4. The van der Waals surface area contributed by atoms with Gasteiger partial charge in [-0.1, -0.05) is 28.1 Å². The summed E-state index contributed by atoms with van der Waals surface area (Å²) in [5, 5.41) is 2.75. The smallest absolute Gasteiger partial charge is 0.312 e. The van der Waals surface area contributed by atoms with E-state index in [0.29, 0.717) is 23.1 Å². The molecule has 0 saturated heterocycles. The molecule has 0 aliphatic heterocycles. The van der Waals surface area contributed by atoms with Crippen molar-refractivity contribution in [1.82, 2.24) is 0 Å². The Morgan fingerprint density at radius 2 is 1.86 bits per heavy atom. The minimum atomic E-state index is -0.882. The fourth-order valence-electron chi connectivity index (χ4n) is 5.79. The zero-order valence-electron chi connectivity index (χ0n) is 16.3. The molecular weight excluding hydrogens is 422 g/mol. The minimum absolute atomic E-state index is 0.0642. The molecule has 4 aliphatic carbocycles. The summed E-state index contributed by atoms with van der Waals surface area (Å²) in [7, 11) is 0. The lowest BCUT2D eigenvalue weighted by atomic mass is 9.49. The number of hydrogen-bond acceptors (Lipinski definition) is 4. The first-order chi connectivity index (χ1) is 13.2. The average Bonchev–Trinajstić information content (AvgIpc) is 2.59. The molecule has 0 heterocycles. The van der Waals surface area contributed by atoms with Gasteiger partial charge in [0.15, 0.2) is 11.9 Å². The minimum Gasteiger partial charge on any atom is -0.452 e. The van der Waals surface area contributed by atoms with Crippen LogP contribution in [0.15, 0.2) is 24.3 Å². The first-order valence-electron chi connectivity index (χ1n) is 10.00. The van der Waals surface area contributed by atoms with E-state index in [9.17, 15) is 14.4 Å². The lowest BCUT2D eigenvalue weighted by Gasteiger charge is -2.58. The molecule has 0 radical (unpaired) electrons. The van der Waals surface area contributed by atoms with Gasteiger partial charge in [-0.2, -0.15) is 0 Å². The van der Waals surface area contributed by atoms with Crippen LogP contribution in [0.25, 0.3) is 0 Å². The highest BCUT2D eigenvalue weighted by Gasteiger charge is 2.60. The normalized spacial score (nSPS) is 34.0. The van der Waals surface area contributed by atoms with Gasteiger partial charge in [0, 0.05) is 15.6 Å².